The lowest BCUT2D eigenvalue weighted by atomic mass is 10.0. The summed E-state index contributed by atoms with van der Waals surface area (Å²) in [4.78, 5) is 22.8. The number of carbonyl (C=O) groups is 1. The lowest BCUT2D eigenvalue weighted by Crippen LogP contribution is -2.35. The molecule has 0 aliphatic rings. The van der Waals surface area contributed by atoms with E-state index in [1.54, 1.807) is 30.3 Å². The number of hydrogen-bond donors (Lipinski definition) is 2. The van der Waals surface area contributed by atoms with Crippen LogP contribution in [0, 0.1) is 10.1 Å². The van der Waals surface area contributed by atoms with Crippen LogP contribution < -0.4 is 5.32 Å². The summed E-state index contributed by atoms with van der Waals surface area (Å²) in [5.74, 6) is -0.485. The number of hydrogen-bond acceptors (Lipinski definition) is 5. The molecule has 0 heterocycles. The first-order chi connectivity index (χ1) is 11.6. The van der Waals surface area contributed by atoms with Gasteiger partial charge in [0.1, 0.15) is 0 Å². The SMILES string of the molecule is CO[C@H](C(=O)N[C@@H](CO)c1ccccc1)c1cccc([N+](=O)[O-])c1. The Labute approximate surface area is 139 Å². The number of non-ortho nitro benzene ring substituents is 1. The maximum Gasteiger partial charge on any atom is 0.269 e. The Balaban J connectivity index is 2.19. The number of nitrogens with one attached hydrogen (secondary N) is 1. The Kier molecular flexibility index (Phi) is 6.00. The van der Waals surface area contributed by atoms with Gasteiger partial charge in [0.2, 0.25) is 0 Å². The Hall–Kier alpha value is -2.77. The monoisotopic (exact) mass is 330 g/mol. The van der Waals surface area contributed by atoms with Gasteiger partial charge in [0.25, 0.3) is 11.6 Å². The van der Waals surface area contributed by atoms with Crippen molar-refractivity contribution in [2.24, 2.45) is 0 Å². The van der Waals surface area contributed by atoms with Gasteiger partial charge in [0.05, 0.1) is 17.6 Å². The van der Waals surface area contributed by atoms with Crippen molar-refractivity contribution in [2.45, 2.75) is 12.1 Å². The van der Waals surface area contributed by atoms with Crippen LogP contribution >= 0.6 is 0 Å². The van der Waals surface area contributed by atoms with Gasteiger partial charge in [0, 0.05) is 19.2 Å². The molecule has 0 saturated carbocycles. The summed E-state index contributed by atoms with van der Waals surface area (Å²) in [6.07, 6.45) is -1.01. The van der Waals surface area contributed by atoms with Crippen molar-refractivity contribution >= 4 is 11.6 Å². The van der Waals surface area contributed by atoms with Crippen LogP contribution in [0.3, 0.4) is 0 Å². The maximum atomic E-state index is 12.5. The van der Waals surface area contributed by atoms with Crippen LogP contribution in [-0.2, 0) is 9.53 Å². The van der Waals surface area contributed by atoms with Gasteiger partial charge in [-0.1, -0.05) is 42.5 Å². The van der Waals surface area contributed by atoms with Gasteiger partial charge in [-0.05, 0) is 11.1 Å². The molecule has 24 heavy (non-hydrogen) atoms. The van der Waals surface area contributed by atoms with Crippen LogP contribution in [0.2, 0.25) is 0 Å². The number of rotatable bonds is 7. The van der Waals surface area contributed by atoms with Crippen LogP contribution in [0.4, 0.5) is 5.69 Å². The van der Waals surface area contributed by atoms with Crippen LogP contribution in [0.15, 0.2) is 54.6 Å². The van der Waals surface area contributed by atoms with Gasteiger partial charge in [-0.2, -0.15) is 0 Å². The first kappa shape index (κ1) is 17.6. The lowest BCUT2D eigenvalue weighted by Gasteiger charge is -2.21. The molecule has 0 saturated heterocycles. The van der Waals surface area contributed by atoms with E-state index in [0.29, 0.717) is 5.56 Å². The minimum Gasteiger partial charge on any atom is -0.394 e. The van der Waals surface area contributed by atoms with Crippen molar-refractivity contribution in [3.05, 3.63) is 75.8 Å². The summed E-state index contributed by atoms with van der Waals surface area (Å²) in [5, 5.41) is 23.1. The van der Waals surface area contributed by atoms with E-state index in [0.717, 1.165) is 5.56 Å². The molecule has 0 aliphatic heterocycles. The molecule has 7 nitrogen and oxygen atoms in total. The molecule has 0 fully saturated rings. The molecule has 0 unspecified atom stereocenters. The van der Waals surface area contributed by atoms with Crippen molar-refractivity contribution < 1.29 is 19.6 Å². The number of carbonyl (C=O) groups excluding carboxylic acids is 1. The topological polar surface area (TPSA) is 102 Å². The van der Waals surface area contributed by atoms with E-state index in [2.05, 4.69) is 5.32 Å². The normalized spacial score (nSPS) is 13.1. The number of nitro benzene ring substituents is 1. The number of aliphatic hydroxyl groups excluding tert-OH is 1. The summed E-state index contributed by atoms with van der Waals surface area (Å²) in [5.41, 5.74) is 1.00. The van der Waals surface area contributed by atoms with E-state index < -0.39 is 23.0 Å². The van der Waals surface area contributed by atoms with Crippen molar-refractivity contribution in [3.8, 4) is 0 Å². The van der Waals surface area contributed by atoms with E-state index in [1.807, 2.05) is 6.07 Å². The molecule has 2 atom stereocenters. The standard InChI is InChI=1S/C17H18N2O5/c1-24-16(13-8-5-9-14(10-13)19(22)23)17(21)18-15(11-20)12-6-3-2-4-7-12/h2-10,15-16,20H,11H2,1H3,(H,18,21)/t15-,16-/m0/s1. The molecular weight excluding hydrogens is 312 g/mol. The van der Waals surface area contributed by atoms with Crippen LogP contribution in [-0.4, -0.2) is 29.7 Å². The van der Waals surface area contributed by atoms with Gasteiger partial charge in [-0.3, -0.25) is 14.9 Å². The second-order valence-corrected chi connectivity index (χ2v) is 5.12. The highest BCUT2D eigenvalue weighted by molar-refractivity contribution is 5.82. The molecule has 2 aromatic carbocycles. The number of aliphatic hydroxyl groups is 1. The van der Waals surface area contributed by atoms with E-state index in [9.17, 15) is 20.0 Å². The highest BCUT2D eigenvalue weighted by Gasteiger charge is 2.24. The molecule has 2 aromatic rings. The Morgan fingerprint density at radius 1 is 1.21 bits per heavy atom. The van der Waals surface area contributed by atoms with Crippen LogP contribution in [0.25, 0.3) is 0 Å². The molecule has 2 N–H and O–H groups in total. The number of benzene rings is 2. The average molecular weight is 330 g/mol. The predicted molar refractivity (Wildman–Crippen MR) is 87.3 cm³/mol. The molecule has 0 aliphatic carbocycles. The average Bonchev–Trinajstić information content (AvgIpc) is 2.61. The zero-order valence-electron chi connectivity index (χ0n) is 13.1. The number of amides is 1. The molecule has 0 aromatic heterocycles. The number of nitro groups is 1. The fourth-order valence-electron chi connectivity index (χ4n) is 2.36. The molecule has 2 rings (SSSR count). The molecule has 0 radical (unpaired) electrons. The lowest BCUT2D eigenvalue weighted by molar-refractivity contribution is -0.385. The van der Waals surface area contributed by atoms with Gasteiger partial charge in [0.15, 0.2) is 6.10 Å². The molecule has 7 heteroatoms. The Morgan fingerprint density at radius 3 is 2.46 bits per heavy atom. The summed E-state index contributed by atoms with van der Waals surface area (Å²) < 4.78 is 5.20. The zero-order chi connectivity index (χ0) is 17.5. The second kappa shape index (κ2) is 8.19. The molecule has 0 spiro atoms. The molecule has 126 valence electrons. The smallest absolute Gasteiger partial charge is 0.269 e. The third kappa shape index (κ3) is 4.15. The summed E-state index contributed by atoms with van der Waals surface area (Å²) in [7, 11) is 1.35. The van der Waals surface area contributed by atoms with Crippen LogP contribution in [0.1, 0.15) is 23.3 Å². The molecular formula is C17H18N2O5. The third-order valence-electron chi connectivity index (χ3n) is 3.56. The third-order valence-corrected chi connectivity index (χ3v) is 3.56. The second-order valence-electron chi connectivity index (χ2n) is 5.12. The quantitative estimate of drug-likeness (QED) is 0.598. The Morgan fingerprint density at radius 2 is 1.88 bits per heavy atom. The van der Waals surface area contributed by atoms with Gasteiger partial charge in [-0.15, -0.1) is 0 Å². The van der Waals surface area contributed by atoms with Crippen molar-refractivity contribution in [3.63, 3.8) is 0 Å². The van der Waals surface area contributed by atoms with E-state index in [-0.39, 0.29) is 12.3 Å². The fourth-order valence-corrected chi connectivity index (χ4v) is 2.36. The van der Waals surface area contributed by atoms with Gasteiger partial charge >= 0.3 is 0 Å². The highest BCUT2D eigenvalue weighted by atomic mass is 16.6. The van der Waals surface area contributed by atoms with E-state index >= 15 is 0 Å². The van der Waals surface area contributed by atoms with Crippen molar-refractivity contribution in [2.75, 3.05) is 13.7 Å². The number of ether oxygens (including phenoxy) is 1. The molecule has 1 amide bonds. The van der Waals surface area contributed by atoms with E-state index in [1.165, 1.54) is 25.3 Å². The first-order valence-electron chi connectivity index (χ1n) is 7.30. The zero-order valence-corrected chi connectivity index (χ0v) is 13.1. The van der Waals surface area contributed by atoms with Crippen molar-refractivity contribution in [1.29, 1.82) is 0 Å². The van der Waals surface area contributed by atoms with Crippen molar-refractivity contribution in [1.82, 2.24) is 5.32 Å². The molecule has 0 bridgehead atoms. The first-order valence-corrected chi connectivity index (χ1v) is 7.30. The minimum atomic E-state index is -1.01. The van der Waals surface area contributed by atoms with Crippen LogP contribution in [0.5, 0.6) is 0 Å². The predicted octanol–water partition coefficient (Wildman–Crippen LogP) is 2.13. The largest absolute Gasteiger partial charge is 0.394 e. The summed E-state index contributed by atoms with van der Waals surface area (Å²) in [6, 6.07) is 14.1. The van der Waals surface area contributed by atoms with Gasteiger partial charge in [-0.25, -0.2) is 0 Å². The highest BCUT2D eigenvalue weighted by Crippen LogP contribution is 2.23. The van der Waals surface area contributed by atoms with Gasteiger partial charge < -0.3 is 15.2 Å². The Bertz CT molecular complexity index is 705. The minimum absolute atomic E-state index is 0.121. The summed E-state index contributed by atoms with van der Waals surface area (Å²) >= 11 is 0. The summed E-state index contributed by atoms with van der Waals surface area (Å²) in [6.45, 7) is -0.277. The number of methoxy groups -OCH3 is 1. The maximum absolute atomic E-state index is 12.5. The van der Waals surface area contributed by atoms with E-state index in [4.69, 9.17) is 4.74 Å². The fraction of sp³-hybridized carbons (Fsp3) is 0.235. The number of nitrogens with zero attached hydrogens (tertiary/aromatic N) is 1.